The van der Waals surface area contributed by atoms with E-state index in [0.717, 1.165) is 21.1 Å². The average molecular weight is 190 g/mol. The van der Waals surface area contributed by atoms with Crippen molar-refractivity contribution in [1.82, 2.24) is 0 Å². The third-order valence-corrected chi connectivity index (χ3v) is 4.41. The van der Waals surface area contributed by atoms with Gasteiger partial charge >= 0.3 is 0 Å². The Morgan fingerprint density at radius 3 is 3.00 bits per heavy atom. The number of thiophene rings is 1. The Kier molecular flexibility index (Phi) is 1.29. The van der Waals surface area contributed by atoms with Crippen molar-refractivity contribution < 1.29 is 5.11 Å². The largest absolute Gasteiger partial charge is 0.502 e. The molecular weight excluding hydrogens is 188 g/mol. The highest BCUT2D eigenvalue weighted by molar-refractivity contribution is 7.71. The smallest absolute Gasteiger partial charge is 0.276 e. The Morgan fingerprint density at radius 1 is 1.50 bits per heavy atom. The van der Waals surface area contributed by atoms with Gasteiger partial charge in [0, 0.05) is 5.38 Å². The number of hydrogen-bond donors (Lipinski definition) is 1. The minimum Gasteiger partial charge on any atom is -0.502 e. The van der Waals surface area contributed by atoms with Crippen LogP contribution in [0.15, 0.2) is 10.2 Å². The normalized spacial score (nSPS) is 10.8. The van der Waals surface area contributed by atoms with Crippen molar-refractivity contribution >= 4 is 32.0 Å². The van der Waals surface area contributed by atoms with E-state index in [0.29, 0.717) is 0 Å². The Balaban J connectivity index is 2.93. The minimum absolute atomic E-state index is 0.0775. The van der Waals surface area contributed by atoms with E-state index in [9.17, 15) is 4.79 Å². The molecule has 0 bridgehead atoms. The van der Waals surface area contributed by atoms with Gasteiger partial charge in [0.25, 0.3) is 4.74 Å². The summed E-state index contributed by atoms with van der Waals surface area (Å²) < 4.78 is -0.228. The first-order valence-corrected chi connectivity index (χ1v) is 5.51. The zero-order valence-electron chi connectivity index (χ0n) is 4.66. The monoisotopic (exact) mass is 190 g/mol. The lowest BCUT2D eigenvalue weighted by molar-refractivity contribution is 0.477. The SMILES string of the molecule is O=c1sc2cssc-2c1O. The molecule has 0 fully saturated rings. The van der Waals surface area contributed by atoms with Crippen LogP contribution in [-0.2, 0) is 0 Å². The van der Waals surface area contributed by atoms with Gasteiger partial charge in [-0.15, -0.1) is 0 Å². The summed E-state index contributed by atoms with van der Waals surface area (Å²) in [6, 6.07) is 0. The summed E-state index contributed by atoms with van der Waals surface area (Å²) in [5, 5.41) is 11.0. The predicted molar refractivity (Wildman–Crippen MR) is 44.6 cm³/mol. The van der Waals surface area contributed by atoms with Crippen LogP contribution in [0.2, 0.25) is 0 Å². The van der Waals surface area contributed by atoms with Gasteiger partial charge < -0.3 is 5.11 Å². The number of rotatable bonds is 0. The number of fused-ring (bicyclic) bond motifs is 1. The predicted octanol–water partition coefficient (Wildman–Crippen LogP) is 2.04. The van der Waals surface area contributed by atoms with Crippen molar-refractivity contribution in [2.24, 2.45) is 0 Å². The van der Waals surface area contributed by atoms with Crippen molar-refractivity contribution in [3.63, 3.8) is 0 Å². The second kappa shape index (κ2) is 2.05. The summed E-state index contributed by atoms with van der Waals surface area (Å²) in [7, 11) is 2.97. The average Bonchev–Trinajstić information content (AvgIpc) is 2.41. The van der Waals surface area contributed by atoms with Gasteiger partial charge in [-0.2, -0.15) is 0 Å². The van der Waals surface area contributed by atoms with E-state index in [1.807, 2.05) is 5.38 Å². The van der Waals surface area contributed by atoms with Crippen LogP contribution in [0.1, 0.15) is 0 Å². The molecule has 0 unspecified atom stereocenters. The summed E-state index contributed by atoms with van der Waals surface area (Å²) in [4.78, 5) is 12.4. The minimum atomic E-state index is -0.228. The van der Waals surface area contributed by atoms with Gasteiger partial charge in [-0.05, 0) is 0 Å². The van der Waals surface area contributed by atoms with Crippen LogP contribution in [0.4, 0.5) is 0 Å². The first kappa shape index (κ1) is 6.33. The highest BCUT2D eigenvalue weighted by Gasteiger charge is 2.15. The fourth-order valence-electron chi connectivity index (χ4n) is 0.678. The summed E-state index contributed by atoms with van der Waals surface area (Å²) in [5.74, 6) is -0.0775. The molecule has 10 heavy (non-hydrogen) atoms. The fraction of sp³-hybridized carbons (Fsp3) is 0. The Morgan fingerprint density at radius 2 is 2.30 bits per heavy atom. The second-order valence-corrected chi connectivity index (χ2v) is 4.82. The van der Waals surface area contributed by atoms with E-state index in [1.54, 1.807) is 0 Å². The van der Waals surface area contributed by atoms with Crippen molar-refractivity contribution in [2.45, 2.75) is 0 Å². The Bertz CT molecular complexity index is 369. The molecule has 0 saturated carbocycles. The third kappa shape index (κ3) is 0.712. The molecule has 0 aromatic heterocycles. The molecule has 0 saturated heterocycles. The standard InChI is InChI=1S/C5H2O2S3/c6-3-4-2(1-8-10-4)9-5(3)7/h1,6H. The quantitative estimate of drug-likeness (QED) is 0.645. The molecule has 5 heteroatoms. The summed E-state index contributed by atoms with van der Waals surface area (Å²) in [5.41, 5.74) is 0. The second-order valence-electron chi connectivity index (χ2n) is 1.73. The van der Waals surface area contributed by atoms with E-state index >= 15 is 0 Å². The van der Waals surface area contributed by atoms with Crippen molar-refractivity contribution in [1.29, 1.82) is 0 Å². The molecule has 52 valence electrons. The van der Waals surface area contributed by atoms with E-state index in [2.05, 4.69) is 0 Å². The van der Waals surface area contributed by atoms with Gasteiger partial charge in [0.1, 0.15) is 4.88 Å². The lowest BCUT2D eigenvalue weighted by atomic mass is 10.4. The summed E-state index contributed by atoms with van der Waals surface area (Å²) >= 11 is 1.10. The fourth-order valence-corrected chi connectivity index (χ4v) is 4.22. The molecule has 0 aromatic carbocycles. The molecular formula is C5H2O2S3. The molecule has 2 aliphatic heterocycles. The van der Waals surface area contributed by atoms with Crippen LogP contribution < -0.4 is 4.74 Å². The van der Waals surface area contributed by atoms with Crippen molar-refractivity contribution in [2.75, 3.05) is 0 Å². The Labute approximate surface area is 67.7 Å². The van der Waals surface area contributed by atoms with Crippen LogP contribution in [0, 0.1) is 0 Å². The van der Waals surface area contributed by atoms with Crippen LogP contribution in [0.25, 0.3) is 9.75 Å². The van der Waals surface area contributed by atoms with Crippen molar-refractivity contribution in [3.05, 3.63) is 14.9 Å². The summed E-state index contributed by atoms with van der Waals surface area (Å²) in [6.07, 6.45) is 0. The highest BCUT2D eigenvalue weighted by Crippen LogP contribution is 2.40. The third-order valence-electron chi connectivity index (χ3n) is 1.12. The topological polar surface area (TPSA) is 37.3 Å². The first-order valence-electron chi connectivity index (χ1n) is 2.48. The maximum absolute atomic E-state index is 10.8. The lowest BCUT2D eigenvalue weighted by Gasteiger charge is -1.80. The first-order chi connectivity index (χ1) is 4.79. The molecule has 0 spiro atoms. The lowest BCUT2D eigenvalue weighted by Crippen LogP contribution is -1.83. The van der Waals surface area contributed by atoms with E-state index in [4.69, 9.17) is 5.11 Å². The zero-order chi connectivity index (χ0) is 7.14. The van der Waals surface area contributed by atoms with Crippen LogP contribution >= 0.6 is 32.0 Å². The maximum atomic E-state index is 10.8. The molecule has 0 radical (unpaired) electrons. The summed E-state index contributed by atoms with van der Waals surface area (Å²) in [6.45, 7) is 0. The molecule has 2 rings (SSSR count). The van der Waals surface area contributed by atoms with Crippen LogP contribution in [-0.4, -0.2) is 5.11 Å². The van der Waals surface area contributed by atoms with Gasteiger partial charge in [-0.25, -0.2) is 0 Å². The molecule has 2 nitrogen and oxygen atoms in total. The highest BCUT2D eigenvalue weighted by atomic mass is 32.9. The van der Waals surface area contributed by atoms with E-state index < -0.39 is 0 Å². The molecule has 1 N–H and O–H groups in total. The van der Waals surface area contributed by atoms with E-state index in [1.165, 1.54) is 20.7 Å². The van der Waals surface area contributed by atoms with Gasteiger partial charge in [-0.3, -0.25) is 4.79 Å². The number of aromatic hydroxyl groups is 1. The Hall–Kier alpha value is -0.390. The molecule has 2 aliphatic rings. The maximum Gasteiger partial charge on any atom is 0.276 e. The van der Waals surface area contributed by atoms with Crippen molar-refractivity contribution in [3.8, 4) is 15.5 Å². The molecule has 0 atom stereocenters. The molecule has 0 amide bonds. The van der Waals surface area contributed by atoms with Gasteiger partial charge in [0.15, 0.2) is 5.75 Å². The number of hydrogen-bond acceptors (Lipinski definition) is 5. The van der Waals surface area contributed by atoms with Gasteiger partial charge in [-0.1, -0.05) is 32.0 Å². The molecule has 0 aromatic rings. The van der Waals surface area contributed by atoms with Crippen LogP contribution in [0.3, 0.4) is 0 Å². The zero-order valence-corrected chi connectivity index (χ0v) is 7.11. The van der Waals surface area contributed by atoms with Gasteiger partial charge in [0.2, 0.25) is 0 Å². The van der Waals surface area contributed by atoms with Gasteiger partial charge in [0.05, 0.1) is 4.88 Å². The molecule has 2 heterocycles. The van der Waals surface area contributed by atoms with Crippen LogP contribution in [0.5, 0.6) is 5.75 Å². The molecule has 0 aliphatic carbocycles. The van der Waals surface area contributed by atoms with E-state index in [-0.39, 0.29) is 10.5 Å².